The van der Waals surface area contributed by atoms with E-state index in [0.717, 1.165) is 44.1 Å². The van der Waals surface area contributed by atoms with Gasteiger partial charge in [-0.15, -0.1) is 0 Å². The van der Waals surface area contributed by atoms with Crippen LogP contribution in [0.2, 0.25) is 0 Å². The molecule has 7 atom stereocenters. The number of aliphatic hydroxyl groups is 2. The van der Waals surface area contributed by atoms with E-state index in [9.17, 15) is 24.9 Å². The van der Waals surface area contributed by atoms with Crippen molar-refractivity contribution in [2.45, 2.75) is 76.9 Å². The fourth-order valence-electron chi connectivity index (χ4n) is 7.22. The molecular formula is C21H30O5. The molecule has 3 saturated carbocycles. The molecule has 0 aromatic carbocycles. The minimum Gasteiger partial charge on any atom is -0.481 e. The molecule has 4 rings (SSSR count). The highest BCUT2D eigenvalue weighted by Crippen LogP contribution is 2.66. The Balaban J connectivity index is 1.74. The quantitative estimate of drug-likeness (QED) is 0.717. The number of aliphatic hydroxyl groups excluding tert-OH is 2. The van der Waals surface area contributed by atoms with Crippen molar-refractivity contribution < 1.29 is 24.9 Å². The standard InChI is InChI=1S/C21H30O5/c1-20-8-7-16-14(15(20)4-5-17(20)23)3-2-12-10-13(22)6-9-21(12,16)18(24)11-19(25)26/h10,14-18,23-24H,2-9,11H2,1H3,(H,25,26)/t14-,15-,16+,17?,18?,20-,21+/m0/s1. The van der Waals surface area contributed by atoms with Gasteiger partial charge in [0.1, 0.15) is 0 Å². The number of rotatable bonds is 3. The summed E-state index contributed by atoms with van der Waals surface area (Å²) in [4.78, 5) is 23.4. The molecule has 3 N–H and O–H groups in total. The third-order valence-corrected chi connectivity index (χ3v) is 8.48. The third kappa shape index (κ3) is 2.43. The van der Waals surface area contributed by atoms with E-state index >= 15 is 0 Å². The Morgan fingerprint density at radius 2 is 1.96 bits per heavy atom. The molecule has 0 bridgehead atoms. The fraction of sp³-hybridized carbons (Fsp3) is 0.810. The van der Waals surface area contributed by atoms with E-state index in [-0.39, 0.29) is 29.6 Å². The van der Waals surface area contributed by atoms with Crippen LogP contribution in [0, 0.1) is 28.6 Å². The number of ketones is 1. The highest BCUT2D eigenvalue weighted by molar-refractivity contribution is 5.91. The number of hydrogen-bond donors (Lipinski definition) is 3. The number of hydrogen-bond acceptors (Lipinski definition) is 4. The summed E-state index contributed by atoms with van der Waals surface area (Å²) in [5.74, 6) is 0.174. The molecule has 0 amide bonds. The number of carboxylic acid groups (broad SMARTS) is 1. The summed E-state index contributed by atoms with van der Waals surface area (Å²) in [7, 11) is 0. The number of carbonyl (C=O) groups is 2. The van der Waals surface area contributed by atoms with Crippen molar-refractivity contribution >= 4 is 11.8 Å². The number of fused-ring (bicyclic) bond motifs is 5. The molecular weight excluding hydrogens is 332 g/mol. The minimum absolute atomic E-state index is 0.0498. The van der Waals surface area contributed by atoms with Gasteiger partial charge in [-0.05, 0) is 74.2 Å². The molecule has 0 aromatic heterocycles. The SMILES string of the molecule is C[C@]12CC[C@@H]3[C@@H](CCC4=CC(=O)CC[C@@]43C(O)CC(=O)O)[C@@H]1CCC2O. The monoisotopic (exact) mass is 362 g/mol. The minimum atomic E-state index is -0.984. The van der Waals surface area contributed by atoms with Crippen LogP contribution in [0.1, 0.15) is 64.7 Å². The van der Waals surface area contributed by atoms with Gasteiger partial charge in [0, 0.05) is 11.8 Å². The Hall–Kier alpha value is -1.20. The summed E-state index contributed by atoms with van der Waals surface area (Å²) in [5, 5.41) is 30.9. The first-order valence-corrected chi connectivity index (χ1v) is 10.1. The van der Waals surface area contributed by atoms with Gasteiger partial charge in [-0.2, -0.15) is 0 Å². The summed E-state index contributed by atoms with van der Waals surface area (Å²) in [6.45, 7) is 2.21. The van der Waals surface area contributed by atoms with Crippen molar-refractivity contribution in [1.82, 2.24) is 0 Å². The third-order valence-electron chi connectivity index (χ3n) is 8.48. The van der Waals surface area contributed by atoms with Crippen LogP contribution in [-0.2, 0) is 9.59 Å². The van der Waals surface area contributed by atoms with E-state index in [1.807, 2.05) is 0 Å². The number of aliphatic carboxylic acids is 1. The maximum atomic E-state index is 12.0. The predicted molar refractivity (Wildman–Crippen MR) is 95.3 cm³/mol. The van der Waals surface area contributed by atoms with Crippen LogP contribution in [0.4, 0.5) is 0 Å². The second kappa shape index (κ2) is 6.16. The van der Waals surface area contributed by atoms with Gasteiger partial charge in [0.15, 0.2) is 5.78 Å². The summed E-state index contributed by atoms with van der Waals surface area (Å²) < 4.78 is 0. The smallest absolute Gasteiger partial charge is 0.306 e. The zero-order chi connectivity index (χ0) is 18.7. The summed E-state index contributed by atoms with van der Waals surface area (Å²) in [6, 6.07) is 0. The van der Waals surface area contributed by atoms with Crippen molar-refractivity contribution in [2.24, 2.45) is 28.6 Å². The molecule has 2 unspecified atom stereocenters. The van der Waals surface area contributed by atoms with Gasteiger partial charge >= 0.3 is 5.97 Å². The Morgan fingerprint density at radius 3 is 2.69 bits per heavy atom. The van der Waals surface area contributed by atoms with Crippen molar-refractivity contribution in [3.05, 3.63) is 11.6 Å². The molecule has 3 fully saturated rings. The molecule has 0 heterocycles. The highest BCUT2D eigenvalue weighted by atomic mass is 16.4. The van der Waals surface area contributed by atoms with Crippen LogP contribution in [0.5, 0.6) is 0 Å². The highest BCUT2D eigenvalue weighted by Gasteiger charge is 2.61. The molecule has 0 saturated heterocycles. The summed E-state index contributed by atoms with van der Waals surface area (Å²) in [6.07, 6.45) is 6.65. The lowest BCUT2D eigenvalue weighted by Gasteiger charge is -2.60. The van der Waals surface area contributed by atoms with Crippen molar-refractivity contribution in [1.29, 1.82) is 0 Å². The molecule has 4 aliphatic rings. The lowest BCUT2D eigenvalue weighted by atomic mass is 9.45. The van der Waals surface area contributed by atoms with E-state index < -0.39 is 17.5 Å². The van der Waals surface area contributed by atoms with Crippen molar-refractivity contribution in [3.63, 3.8) is 0 Å². The number of carbonyl (C=O) groups excluding carboxylic acids is 1. The Labute approximate surface area is 154 Å². The Bertz CT molecular complexity index is 655. The Morgan fingerprint density at radius 1 is 1.19 bits per heavy atom. The van der Waals surface area contributed by atoms with Gasteiger partial charge in [0.05, 0.1) is 18.6 Å². The average molecular weight is 362 g/mol. The average Bonchev–Trinajstić information content (AvgIpc) is 2.89. The molecule has 144 valence electrons. The van der Waals surface area contributed by atoms with Crippen LogP contribution >= 0.6 is 0 Å². The predicted octanol–water partition coefficient (Wildman–Crippen LogP) is 2.69. The van der Waals surface area contributed by atoms with E-state index in [4.69, 9.17) is 0 Å². The van der Waals surface area contributed by atoms with Crippen LogP contribution < -0.4 is 0 Å². The first-order chi connectivity index (χ1) is 12.3. The Kier molecular flexibility index (Phi) is 4.31. The molecule has 26 heavy (non-hydrogen) atoms. The molecule has 0 radical (unpaired) electrons. The maximum absolute atomic E-state index is 12.0. The first kappa shape index (κ1) is 18.2. The molecule has 5 heteroatoms. The van der Waals surface area contributed by atoms with Crippen LogP contribution in [0.25, 0.3) is 0 Å². The van der Waals surface area contributed by atoms with Gasteiger partial charge in [-0.25, -0.2) is 0 Å². The van der Waals surface area contributed by atoms with Gasteiger partial charge in [0.2, 0.25) is 0 Å². The van der Waals surface area contributed by atoms with Crippen LogP contribution in [0.3, 0.4) is 0 Å². The normalized spacial score (nSPS) is 46.0. The van der Waals surface area contributed by atoms with Crippen LogP contribution in [0.15, 0.2) is 11.6 Å². The lowest BCUT2D eigenvalue weighted by molar-refractivity contribution is -0.148. The van der Waals surface area contributed by atoms with Gasteiger partial charge in [-0.3, -0.25) is 9.59 Å². The lowest BCUT2D eigenvalue weighted by Crippen LogP contribution is -2.56. The molecule has 5 nitrogen and oxygen atoms in total. The molecule has 0 spiro atoms. The van der Waals surface area contributed by atoms with E-state index in [0.29, 0.717) is 24.7 Å². The van der Waals surface area contributed by atoms with Gasteiger partial charge < -0.3 is 15.3 Å². The second-order valence-electron chi connectivity index (χ2n) is 9.34. The van der Waals surface area contributed by atoms with E-state index in [1.54, 1.807) is 6.08 Å². The zero-order valence-corrected chi connectivity index (χ0v) is 15.5. The zero-order valence-electron chi connectivity index (χ0n) is 15.5. The summed E-state index contributed by atoms with van der Waals surface area (Å²) in [5.41, 5.74) is 0.376. The fourth-order valence-corrected chi connectivity index (χ4v) is 7.22. The first-order valence-electron chi connectivity index (χ1n) is 10.1. The van der Waals surface area contributed by atoms with Gasteiger partial charge in [0.25, 0.3) is 0 Å². The van der Waals surface area contributed by atoms with E-state index in [1.165, 1.54) is 0 Å². The van der Waals surface area contributed by atoms with E-state index in [2.05, 4.69) is 6.92 Å². The maximum Gasteiger partial charge on any atom is 0.306 e. The van der Waals surface area contributed by atoms with Gasteiger partial charge in [-0.1, -0.05) is 12.5 Å². The van der Waals surface area contributed by atoms with Crippen molar-refractivity contribution in [2.75, 3.05) is 0 Å². The summed E-state index contributed by atoms with van der Waals surface area (Å²) >= 11 is 0. The molecule has 4 aliphatic carbocycles. The second-order valence-corrected chi connectivity index (χ2v) is 9.34. The molecule has 0 aliphatic heterocycles. The van der Waals surface area contributed by atoms with Crippen LogP contribution in [-0.4, -0.2) is 39.3 Å². The topological polar surface area (TPSA) is 94.8 Å². The number of carboxylic acids is 1. The van der Waals surface area contributed by atoms with Crippen molar-refractivity contribution in [3.8, 4) is 0 Å². The largest absolute Gasteiger partial charge is 0.481 e. The molecule has 0 aromatic rings.